The van der Waals surface area contributed by atoms with Gasteiger partial charge in [0.05, 0.1) is 12.9 Å². The van der Waals surface area contributed by atoms with Crippen LogP contribution in [0.15, 0.2) is 0 Å². The Morgan fingerprint density at radius 3 is 2.25 bits per heavy atom. The van der Waals surface area contributed by atoms with Crippen molar-refractivity contribution in [1.82, 2.24) is 9.80 Å². The zero-order valence-electron chi connectivity index (χ0n) is 11.8. The predicted molar refractivity (Wildman–Crippen MR) is 76.2 cm³/mol. The van der Waals surface area contributed by atoms with Crippen LogP contribution in [-0.4, -0.2) is 78.4 Å². The normalized spacial score (nSPS) is 16.8. The molecule has 0 aliphatic carbocycles. The maximum atomic E-state index is 11.9. The Morgan fingerprint density at radius 1 is 1.20 bits per heavy atom. The smallest absolute Gasteiger partial charge is 0.323 e. The molecule has 7 nitrogen and oxygen atoms in total. The van der Waals surface area contributed by atoms with E-state index in [1.54, 1.807) is 9.80 Å². The lowest BCUT2D eigenvalue weighted by Gasteiger charge is -2.34. The van der Waals surface area contributed by atoms with Crippen LogP contribution >= 0.6 is 11.8 Å². The highest BCUT2D eigenvalue weighted by atomic mass is 32.2. The molecule has 20 heavy (non-hydrogen) atoms. The summed E-state index contributed by atoms with van der Waals surface area (Å²) in [4.78, 5) is 37.7. The molecule has 1 unspecified atom stereocenters. The van der Waals surface area contributed by atoms with Crippen LogP contribution in [0.4, 0.5) is 0 Å². The number of piperazine rings is 1. The standard InChI is InChI=1S/C12H21N3O4S/c1-9(16)14-3-5-15(6-4-14)11(17)8-20-7-10(13)12(18)19-2/h10H,3-8,13H2,1-2H3. The van der Waals surface area contributed by atoms with Crippen molar-refractivity contribution in [2.24, 2.45) is 5.73 Å². The van der Waals surface area contributed by atoms with Gasteiger partial charge in [0.15, 0.2) is 0 Å². The van der Waals surface area contributed by atoms with Crippen molar-refractivity contribution in [2.45, 2.75) is 13.0 Å². The second kappa shape index (κ2) is 8.11. The van der Waals surface area contributed by atoms with Gasteiger partial charge >= 0.3 is 5.97 Å². The summed E-state index contributed by atoms with van der Waals surface area (Å²) >= 11 is 1.32. The molecule has 0 bridgehead atoms. The van der Waals surface area contributed by atoms with E-state index in [1.165, 1.54) is 25.8 Å². The Kier molecular flexibility index (Phi) is 6.80. The van der Waals surface area contributed by atoms with Gasteiger partial charge in [0.1, 0.15) is 6.04 Å². The predicted octanol–water partition coefficient (Wildman–Crippen LogP) is -1.09. The molecule has 1 atom stereocenters. The van der Waals surface area contributed by atoms with E-state index in [-0.39, 0.29) is 17.6 Å². The van der Waals surface area contributed by atoms with Crippen LogP contribution in [0.2, 0.25) is 0 Å². The minimum atomic E-state index is -0.702. The lowest BCUT2D eigenvalue weighted by Crippen LogP contribution is -2.50. The molecule has 114 valence electrons. The number of carbonyl (C=O) groups is 3. The Labute approximate surface area is 122 Å². The van der Waals surface area contributed by atoms with Crippen molar-refractivity contribution < 1.29 is 19.1 Å². The van der Waals surface area contributed by atoms with Crippen molar-refractivity contribution >= 4 is 29.5 Å². The van der Waals surface area contributed by atoms with E-state index < -0.39 is 12.0 Å². The first kappa shape index (κ1) is 16.8. The number of hydrogen-bond acceptors (Lipinski definition) is 6. The van der Waals surface area contributed by atoms with Gasteiger partial charge < -0.3 is 20.3 Å². The fourth-order valence-corrected chi connectivity index (χ4v) is 2.72. The van der Waals surface area contributed by atoms with Gasteiger partial charge in [-0.15, -0.1) is 11.8 Å². The first-order valence-electron chi connectivity index (χ1n) is 6.40. The highest BCUT2D eigenvalue weighted by Crippen LogP contribution is 2.08. The van der Waals surface area contributed by atoms with Gasteiger partial charge in [0.25, 0.3) is 0 Å². The zero-order valence-corrected chi connectivity index (χ0v) is 12.6. The van der Waals surface area contributed by atoms with Crippen LogP contribution in [0.5, 0.6) is 0 Å². The summed E-state index contributed by atoms with van der Waals surface area (Å²) < 4.78 is 4.51. The third kappa shape index (κ3) is 5.01. The molecule has 0 spiro atoms. The van der Waals surface area contributed by atoms with Gasteiger partial charge in [-0.2, -0.15) is 0 Å². The number of carbonyl (C=O) groups excluding carboxylic acids is 3. The minimum absolute atomic E-state index is 0.00951. The Bertz CT molecular complexity index is 370. The molecule has 0 aromatic rings. The highest BCUT2D eigenvalue weighted by Gasteiger charge is 2.22. The number of ether oxygens (including phenoxy) is 1. The summed E-state index contributed by atoms with van der Waals surface area (Å²) in [7, 11) is 1.28. The molecular weight excluding hydrogens is 282 g/mol. The van der Waals surface area contributed by atoms with Gasteiger partial charge in [-0.3, -0.25) is 14.4 Å². The van der Waals surface area contributed by atoms with E-state index in [4.69, 9.17) is 5.73 Å². The van der Waals surface area contributed by atoms with Gasteiger partial charge in [-0.05, 0) is 0 Å². The van der Waals surface area contributed by atoms with E-state index in [2.05, 4.69) is 4.74 Å². The van der Waals surface area contributed by atoms with E-state index in [9.17, 15) is 14.4 Å². The molecule has 1 rings (SSSR count). The largest absolute Gasteiger partial charge is 0.468 e. The number of methoxy groups -OCH3 is 1. The topological polar surface area (TPSA) is 92.9 Å². The van der Waals surface area contributed by atoms with Crippen molar-refractivity contribution in [1.29, 1.82) is 0 Å². The lowest BCUT2D eigenvalue weighted by atomic mass is 10.3. The zero-order chi connectivity index (χ0) is 15.1. The van der Waals surface area contributed by atoms with Gasteiger partial charge in [0.2, 0.25) is 11.8 Å². The number of nitrogens with two attached hydrogens (primary N) is 1. The van der Waals surface area contributed by atoms with E-state index >= 15 is 0 Å². The Hall–Kier alpha value is -1.28. The molecular formula is C12H21N3O4S. The average Bonchev–Trinajstić information content (AvgIpc) is 2.46. The van der Waals surface area contributed by atoms with Crippen LogP contribution in [-0.2, 0) is 19.1 Å². The second-order valence-corrected chi connectivity index (χ2v) is 5.56. The van der Waals surface area contributed by atoms with Crippen LogP contribution in [0.3, 0.4) is 0 Å². The van der Waals surface area contributed by atoms with Crippen LogP contribution in [0.25, 0.3) is 0 Å². The van der Waals surface area contributed by atoms with Gasteiger partial charge in [0, 0.05) is 38.9 Å². The van der Waals surface area contributed by atoms with Crippen molar-refractivity contribution in [3.05, 3.63) is 0 Å². The Morgan fingerprint density at radius 2 is 1.75 bits per heavy atom. The maximum absolute atomic E-state index is 11.9. The van der Waals surface area contributed by atoms with Crippen LogP contribution in [0, 0.1) is 0 Å². The summed E-state index contributed by atoms with van der Waals surface area (Å²) in [6.07, 6.45) is 0. The molecule has 1 heterocycles. The van der Waals surface area contributed by atoms with Crippen molar-refractivity contribution in [3.63, 3.8) is 0 Å². The van der Waals surface area contributed by atoms with E-state index in [1.807, 2.05) is 0 Å². The fraction of sp³-hybridized carbons (Fsp3) is 0.750. The molecule has 2 N–H and O–H groups in total. The first-order valence-corrected chi connectivity index (χ1v) is 7.55. The molecule has 0 saturated carbocycles. The van der Waals surface area contributed by atoms with E-state index in [0.29, 0.717) is 31.9 Å². The first-order chi connectivity index (χ1) is 9.45. The van der Waals surface area contributed by atoms with Gasteiger partial charge in [-0.1, -0.05) is 0 Å². The molecule has 1 aliphatic rings. The minimum Gasteiger partial charge on any atom is -0.468 e. The molecule has 8 heteroatoms. The van der Waals surface area contributed by atoms with Crippen molar-refractivity contribution in [3.8, 4) is 0 Å². The summed E-state index contributed by atoms with van der Waals surface area (Å²) in [5, 5.41) is 0. The molecule has 1 aliphatic heterocycles. The summed E-state index contributed by atoms with van der Waals surface area (Å²) in [6, 6.07) is -0.702. The number of amides is 2. The third-order valence-corrected chi connectivity index (χ3v) is 4.15. The molecule has 0 radical (unpaired) electrons. The molecule has 2 amide bonds. The monoisotopic (exact) mass is 303 g/mol. The molecule has 0 aromatic carbocycles. The van der Waals surface area contributed by atoms with E-state index in [0.717, 1.165) is 0 Å². The number of esters is 1. The summed E-state index contributed by atoms with van der Waals surface area (Å²) in [6.45, 7) is 3.80. The molecule has 1 saturated heterocycles. The number of rotatable bonds is 5. The SMILES string of the molecule is COC(=O)C(N)CSCC(=O)N1CCN(C(C)=O)CC1. The average molecular weight is 303 g/mol. The highest BCUT2D eigenvalue weighted by molar-refractivity contribution is 8.00. The molecule has 1 fully saturated rings. The second-order valence-electron chi connectivity index (χ2n) is 4.53. The third-order valence-electron chi connectivity index (χ3n) is 3.10. The fourth-order valence-electron chi connectivity index (χ4n) is 1.85. The number of thioether (sulfide) groups is 1. The number of hydrogen-bond donors (Lipinski definition) is 1. The number of nitrogens with zero attached hydrogens (tertiary/aromatic N) is 2. The van der Waals surface area contributed by atoms with Gasteiger partial charge in [-0.25, -0.2) is 0 Å². The maximum Gasteiger partial charge on any atom is 0.323 e. The molecule has 0 aromatic heterocycles. The Balaban J connectivity index is 2.24. The van der Waals surface area contributed by atoms with Crippen LogP contribution < -0.4 is 5.73 Å². The quantitative estimate of drug-likeness (QED) is 0.649. The van der Waals surface area contributed by atoms with Crippen molar-refractivity contribution in [2.75, 3.05) is 44.8 Å². The lowest BCUT2D eigenvalue weighted by molar-refractivity contribution is -0.141. The summed E-state index contributed by atoms with van der Waals surface area (Å²) in [5.74, 6) is 0.210. The van der Waals surface area contributed by atoms with Crippen LogP contribution in [0.1, 0.15) is 6.92 Å². The summed E-state index contributed by atoms with van der Waals surface area (Å²) in [5.41, 5.74) is 5.58.